The van der Waals surface area contributed by atoms with Crippen molar-refractivity contribution in [3.8, 4) is 0 Å². The normalized spacial score (nSPS) is 11.1. The first kappa shape index (κ1) is 11.8. The molecule has 1 aromatic carbocycles. The highest BCUT2D eigenvalue weighted by Gasteiger charge is 2.19. The third kappa shape index (κ3) is 1.76. The van der Waals surface area contributed by atoms with Crippen LogP contribution < -0.4 is 0 Å². The molecular formula is C11H13Cl2F. The van der Waals surface area contributed by atoms with E-state index in [1.807, 2.05) is 13.8 Å². The van der Waals surface area contributed by atoms with Crippen LogP contribution in [0, 0.1) is 19.7 Å². The van der Waals surface area contributed by atoms with Crippen LogP contribution in [0.5, 0.6) is 0 Å². The van der Waals surface area contributed by atoms with E-state index in [4.69, 9.17) is 23.2 Å². The molecule has 0 fully saturated rings. The van der Waals surface area contributed by atoms with E-state index in [2.05, 4.69) is 0 Å². The molecule has 0 radical (unpaired) electrons. The van der Waals surface area contributed by atoms with E-state index in [9.17, 15) is 4.39 Å². The van der Waals surface area contributed by atoms with Gasteiger partial charge in [-0.2, -0.15) is 0 Å². The van der Waals surface area contributed by atoms with Crippen LogP contribution >= 0.6 is 23.2 Å². The van der Waals surface area contributed by atoms with Gasteiger partial charge in [-0.3, -0.25) is 0 Å². The maximum atomic E-state index is 13.8. The second kappa shape index (κ2) is 4.08. The Morgan fingerprint density at radius 3 is 1.93 bits per heavy atom. The summed E-state index contributed by atoms with van der Waals surface area (Å²) in [5.74, 6) is -0.189. The van der Waals surface area contributed by atoms with Gasteiger partial charge in [0.1, 0.15) is 5.82 Å². The van der Waals surface area contributed by atoms with Gasteiger partial charge in [0.25, 0.3) is 0 Å². The zero-order valence-electron chi connectivity index (χ0n) is 8.71. The first-order chi connectivity index (χ1) is 6.37. The Kier molecular flexibility index (Phi) is 3.44. The summed E-state index contributed by atoms with van der Waals surface area (Å²) in [6.45, 7) is 7.29. The summed E-state index contributed by atoms with van der Waals surface area (Å²) in [6, 6.07) is 0. The van der Waals surface area contributed by atoms with Gasteiger partial charge in [-0.1, -0.05) is 37.0 Å². The SMILES string of the molecule is Cc1c(C)c(Cl)c(Cl)c(C(C)C)c1F. The van der Waals surface area contributed by atoms with Crippen LogP contribution in [-0.2, 0) is 0 Å². The monoisotopic (exact) mass is 234 g/mol. The van der Waals surface area contributed by atoms with Gasteiger partial charge in [0.2, 0.25) is 0 Å². The molecule has 0 aliphatic heterocycles. The maximum absolute atomic E-state index is 13.8. The number of benzene rings is 1. The van der Waals surface area contributed by atoms with Gasteiger partial charge in [0.05, 0.1) is 10.0 Å². The Morgan fingerprint density at radius 2 is 1.50 bits per heavy atom. The topological polar surface area (TPSA) is 0 Å². The highest BCUT2D eigenvalue weighted by atomic mass is 35.5. The number of hydrogen-bond donors (Lipinski definition) is 0. The van der Waals surface area contributed by atoms with Crippen molar-refractivity contribution in [3.05, 3.63) is 32.6 Å². The summed E-state index contributed by atoms with van der Waals surface area (Å²) < 4.78 is 13.8. The number of hydrogen-bond acceptors (Lipinski definition) is 0. The molecule has 0 saturated heterocycles. The molecule has 0 atom stereocenters. The van der Waals surface area contributed by atoms with Crippen LogP contribution in [-0.4, -0.2) is 0 Å². The summed E-state index contributed by atoms with van der Waals surface area (Å²) in [5, 5.41) is 0.816. The lowest BCUT2D eigenvalue weighted by Crippen LogP contribution is -2.00. The van der Waals surface area contributed by atoms with E-state index in [0.29, 0.717) is 21.2 Å². The zero-order valence-corrected chi connectivity index (χ0v) is 10.2. The van der Waals surface area contributed by atoms with Crippen molar-refractivity contribution >= 4 is 23.2 Å². The van der Waals surface area contributed by atoms with E-state index in [0.717, 1.165) is 5.56 Å². The molecule has 0 amide bonds. The average molecular weight is 235 g/mol. The summed E-state index contributed by atoms with van der Waals surface area (Å²) in [4.78, 5) is 0. The van der Waals surface area contributed by atoms with Crippen LogP contribution in [0.1, 0.15) is 36.5 Å². The van der Waals surface area contributed by atoms with Crippen molar-refractivity contribution in [2.75, 3.05) is 0 Å². The fourth-order valence-corrected chi connectivity index (χ4v) is 2.10. The Labute approximate surface area is 94.0 Å². The predicted octanol–water partition coefficient (Wildman–Crippen LogP) is 4.87. The third-order valence-electron chi connectivity index (χ3n) is 2.46. The fourth-order valence-electron chi connectivity index (χ4n) is 1.42. The first-order valence-corrected chi connectivity index (χ1v) is 5.27. The quantitative estimate of drug-likeness (QED) is 0.609. The molecule has 0 N–H and O–H groups in total. The smallest absolute Gasteiger partial charge is 0.131 e. The van der Waals surface area contributed by atoms with E-state index < -0.39 is 0 Å². The molecule has 1 rings (SSSR count). The minimum atomic E-state index is -0.230. The molecule has 14 heavy (non-hydrogen) atoms. The molecule has 0 spiro atoms. The highest BCUT2D eigenvalue weighted by Crippen LogP contribution is 2.37. The first-order valence-electron chi connectivity index (χ1n) is 4.51. The second-order valence-electron chi connectivity index (χ2n) is 3.76. The average Bonchev–Trinajstić information content (AvgIpc) is 2.11. The van der Waals surface area contributed by atoms with E-state index >= 15 is 0 Å². The summed E-state index contributed by atoms with van der Waals surface area (Å²) in [6.07, 6.45) is 0. The van der Waals surface area contributed by atoms with Gasteiger partial charge < -0.3 is 0 Å². The minimum absolute atomic E-state index is 0.0410. The van der Waals surface area contributed by atoms with Crippen LogP contribution in [0.25, 0.3) is 0 Å². The molecule has 0 nitrogen and oxygen atoms in total. The fraction of sp³-hybridized carbons (Fsp3) is 0.455. The van der Waals surface area contributed by atoms with Crippen molar-refractivity contribution in [3.63, 3.8) is 0 Å². The second-order valence-corrected chi connectivity index (χ2v) is 4.52. The molecular weight excluding hydrogens is 222 g/mol. The third-order valence-corrected chi connectivity index (χ3v) is 3.43. The lowest BCUT2D eigenvalue weighted by molar-refractivity contribution is 0.588. The number of rotatable bonds is 1. The van der Waals surface area contributed by atoms with Crippen molar-refractivity contribution in [1.29, 1.82) is 0 Å². The lowest BCUT2D eigenvalue weighted by atomic mass is 9.97. The molecule has 0 unspecified atom stereocenters. The standard InChI is InChI=1S/C11H13Cl2F/c1-5(2)8-10(13)9(12)6(3)7(4)11(8)14/h5H,1-4H3. The molecule has 3 heteroatoms. The van der Waals surface area contributed by atoms with Crippen molar-refractivity contribution < 1.29 is 4.39 Å². The van der Waals surface area contributed by atoms with E-state index in [1.165, 1.54) is 0 Å². The van der Waals surface area contributed by atoms with E-state index in [-0.39, 0.29) is 11.7 Å². The predicted molar refractivity (Wildman–Crippen MR) is 60.0 cm³/mol. The Hall–Kier alpha value is -0.270. The molecule has 0 heterocycles. The summed E-state index contributed by atoms with van der Waals surface area (Å²) in [5.41, 5.74) is 1.82. The van der Waals surface area contributed by atoms with Crippen molar-refractivity contribution in [2.24, 2.45) is 0 Å². The van der Waals surface area contributed by atoms with Gasteiger partial charge in [-0.05, 0) is 30.9 Å². The van der Waals surface area contributed by atoms with Gasteiger partial charge in [0.15, 0.2) is 0 Å². The Morgan fingerprint density at radius 1 is 1.00 bits per heavy atom. The molecule has 0 saturated carbocycles. The van der Waals surface area contributed by atoms with Gasteiger partial charge in [-0.25, -0.2) is 4.39 Å². The van der Waals surface area contributed by atoms with Crippen molar-refractivity contribution in [1.82, 2.24) is 0 Å². The van der Waals surface area contributed by atoms with Crippen LogP contribution in [0.3, 0.4) is 0 Å². The molecule has 78 valence electrons. The molecule has 0 bridgehead atoms. The number of halogens is 3. The molecule has 1 aromatic rings. The van der Waals surface area contributed by atoms with Crippen LogP contribution in [0.15, 0.2) is 0 Å². The molecule has 0 aliphatic rings. The summed E-state index contributed by atoms with van der Waals surface area (Å²) in [7, 11) is 0. The minimum Gasteiger partial charge on any atom is -0.206 e. The zero-order chi connectivity index (χ0) is 11.0. The van der Waals surface area contributed by atoms with Gasteiger partial charge in [0, 0.05) is 5.56 Å². The summed E-state index contributed by atoms with van der Waals surface area (Å²) >= 11 is 12.0. The molecule has 0 aliphatic carbocycles. The largest absolute Gasteiger partial charge is 0.206 e. The lowest BCUT2D eigenvalue weighted by Gasteiger charge is -2.15. The maximum Gasteiger partial charge on any atom is 0.131 e. The van der Waals surface area contributed by atoms with Crippen molar-refractivity contribution in [2.45, 2.75) is 33.6 Å². The highest BCUT2D eigenvalue weighted by molar-refractivity contribution is 6.43. The van der Waals surface area contributed by atoms with Gasteiger partial charge in [-0.15, -0.1) is 0 Å². The molecule has 0 aromatic heterocycles. The van der Waals surface area contributed by atoms with Crippen LogP contribution in [0.4, 0.5) is 4.39 Å². The Balaban J connectivity index is 3.60. The Bertz CT molecular complexity index is 341. The van der Waals surface area contributed by atoms with Crippen LogP contribution in [0.2, 0.25) is 10.0 Å². The van der Waals surface area contributed by atoms with E-state index in [1.54, 1.807) is 13.8 Å². The van der Waals surface area contributed by atoms with Gasteiger partial charge >= 0.3 is 0 Å².